The SMILES string of the molecule is CCC[C@H]1CN(C(=O)[C@@H](CC(C)C)c2cc(-c3csc(N4CCN(C)CC4)n3)ccc2C(N)=O)[C@@H]2C(=O)CO[C@H]12. The minimum atomic E-state index is -0.604. The van der Waals surface area contributed by atoms with Gasteiger partial charge in [0.05, 0.1) is 17.7 Å². The third-order valence-electron chi connectivity index (χ3n) is 8.49. The highest BCUT2D eigenvalue weighted by Crippen LogP contribution is 2.39. The highest BCUT2D eigenvalue weighted by Gasteiger charge is 2.52. The van der Waals surface area contributed by atoms with Crippen LogP contribution in [0.25, 0.3) is 11.3 Å². The van der Waals surface area contributed by atoms with Gasteiger partial charge in [-0.15, -0.1) is 11.3 Å². The van der Waals surface area contributed by atoms with E-state index in [9.17, 15) is 14.4 Å². The van der Waals surface area contributed by atoms with Crippen LogP contribution in [-0.2, 0) is 14.3 Å². The minimum Gasteiger partial charge on any atom is -0.367 e. The van der Waals surface area contributed by atoms with Crippen molar-refractivity contribution in [2.75, 3.05) is 51.3 Å². The number of fused-ring (bicyclic) bond motifs is 1. The fraction of sp³-hybridized carbons (Fsp3) is 0.600. The van der Waals surface area contributed by atoms with Gasteiger partial charge in [-0.25, -0.2) is 4.98 Å². The number of anilines is 1. The Hall–Kier alpha value is -2.82. The van der Waals surface area contributed by atoms with E-state index < -0.39 is 17.9 Å². The zero-order valence-corrected chi connectivity index (χ0v) is 24.8. The molecule has 3 fully saturated rings. The van der Waals surface area contributed by atoms with Crippen molar-refractivity contribution in [1.29, 1.82) is 0 Å². The number of carbonyl (C=O) groups is 3. The molecule has 0 saturated carbocycles. The first kappa shape index (κ1) is 28.7. The fourth-order valence-corrected chi connectivity index (χ4v) is 7.30. The number of carbonyl (C=O) groups excluding carboxylic acids is 3. The van der Waals surface area contributed by atoms with Crippen LogP contribution >= 0.6 is 11.3 Å². The monoisotopic (exact) mass is 567 g/mol. The van der Waals surface area contributed by atoms with Crippen LogP contribution in [0.2, 0.25) is 0 Å². The third-order valence-corrected chi connectivity index (χ3v) is 9.39. The van der Waals surface area contributed by atoms with Crippen molar-refractivity contribution in [3.8, 4) is 11.3 Å². The number of piperazine rings is 1. The third kappa shape index (κ3) is 5.66. The fourth-order valence-electron chi connectivity index (χ4n) is 6.41. The molecule has 2 amide bonds. The number of ketones is 1. The maximum Gasteiger partial charge on any atom is 0.249 e. The maximum absolute atomic E-state index is 14.3. The van der Waals surface area contributed by atoms with E-state index in [-0.39, 0.29) is 36.2 Å². The summed E-state index contributed by atoms with van der Waals surface area (Å²) in [6, 6.07) is 4.95. The molecule has 3 aliphatic heterocycles. The first-order valence-corrected chi connectivity index (χ1v) is 15.3. The molecule has 1 aromatic heterocycles. The van der Waals surface area contributed by atoms with Crippen LogP contribution in [0.4, 0.5) is 5.13 Å². The summed E-state index contributed by atoms with van der Waals surface area (Å²) in [6.07, 6.45) is 2.14. The number of aromatic nitrogens is 1. The van der Waals surface area contributed by atoms with Crippen LogP contribution < -0.4 is 10.6 Å². The van der Waals surface area contributed by atoms with Crippen LogP contribution in [-0.4, -0.2) is 90.9 Å². The van der Waals surface area contributed by atoms with Gasteiger partial charge in [0.2, 0.25) is 11.8 Å². The molecule has 9 nitrogen and oxygen atoms in total. The van der Waals surface area contributed by atoms with Gasteiger partial charge in [-0.2, -0.15) is 0 Å². The lowest BCUT2D eigenvalue weighted by molar-refractivity contribution is -0.138. The number of Topliss-reactive ketones (excluding diaryl/α,β-unsaturated/α-hetero) is 1. The summed E-state index contributed by atoms with van der Waals surface area (Å²) in [4.78, 5) is 51.1. The number of hydrogen-bond donors (Lipinski definition) is 1. The van der Waals surface area contributed by atoms with Crippen LogP contribution in [0.15, 0.2) is 23.6 Å². The second-order valence-electron chi connectivity index (χ2n) is 11.9. The maximum atomic E-state index is 14.3. The molecule has 3 saturated heterocycles. The van der Waals surface area contributed by atoms with Gasteiger partial charge in [0.15, 0.2) is 10.9 Å². The van der Waals surface area contributed by atoms with Gasteiger partial charge in [-0.05, 0) is 43.5 Å². The van der Waals surface area contributed by atoms with Gasteiger partial charge in [-0.1, -0.05) is 33.3 Å². The largest absolute Gasteiger partial charge is 0.367 e. The van der Waals surface area contributed by atoms with E-state index in [1.165, 1.54) is 0 Å². The number of hydrogen-bond acceptors (Lipinski definition) is 8. The molecule has 0 unspecified atom stereocenters. The summed E-state index contributed by atoms with van der Waals surface area (Å²) < 4.78 is 5.87. The van der Waals surface area contributed by atoms with Gasteiger partial charge >= 0.3 is 0 Å². The number of nitrogens with two attached hydrogens (primary N) is 1. The molecular weight excluding hydrogens is 526 g/mol. The first-order chi connectivity index (χ1) is 19.2. The Labute approximate surface area is 240 Å². The van der Waals surface area contributed by atoms with E-state index in [1.807, 2.05) is 17.5 Å². The smallest absolute Gasteiger partial charge is 0.249 e. The van der Waals surface area contributed by atoms with Crippen molar-refractivity contribution in [3.63, 3.8) is 0 Å². The van der Waals surface area contributed by atoms with E-state index in [0.717, 1.165) is 55.4 Å². The van der Waals surface area contributed by atoms with Crippen LogP contribution in [0, 0.1) is 11.8 Å². The average Bonchev–Trinajstić information content (AvgIpc) is 3.65. The second kappa shape index (κ2) is 12.0. The molecule has 3 aliphatic rings. The quantitative estimate of drug-likeness (QED) is 0.495. The van der Waals surface area contributed by atoms with Crippen molar-refractivity contribution in [2.24, 2.45) is 17.6 Å². The normalized spacial score (nSPS) is 24.1. The summed E-state index contributed by atoms with van der Waals surface area (Å²) in [5.74, 6) is -1.02. The second-order valence-corrected chi connectivity index (χ2v) is 12.7. The van der Waals surface area contributed by atoms with Gasteiger partial charge < -0.3 is 25.2 Å². The lowest BCUT2D eigenvalue weighted by Crippen LogP contribution is -2.44. The average molecular weight is 568 g/mol. The Morgan fingerprint density at radius 2 is 1.95 bits per heavy atom. The highest BCUT2D eigenvalue weighted by molar-refractivity contribution is 7.14. The van der Waals surface area contributed by atoms with Crippen molar-refractivity contribution in [3.05, 3.63) is 34.7 Å². The molecule has 4 heterocycles. The molecule has 0 bridgehead atoms. The van der Waals surface area contributed by atoms with E-state index in [1.54, 1.807) is 22.3 Å². The number of ether oxygens (including phenoxy) is 1. The molecular formula is C30H41N5O4S. The zero-order valence-electron chi connectivity index (χ0n) is 24.0. The predicted octanol–water partition coefficient (Wildman–Crippen LogP) is 3.39. The minimum absolute atomic E-state index is 0.0389. The number of likely N-dealkylation sites (N-methyl/N-ethyl adjacent to an activating group) is 1. The topological polar surface area (TPSA) is 109 Å². The molecule has 2 N–H and O–H groups in total. The predicted molar refractivity (Wildman–Crippen MR) is 157 cm³/mol. The zero-order chi connectivity index (χ0) is 28.6. The molecule has 0 aliphatic carbocycles. The van der Waals surface area contributed by atoms with E-state index >= 15 is 0 Å². The lowest BCUT2D eigenvalue weighted by atomic mass is 9.84. The number of thiazole rings is 1. The summed E-state index contributed by atoms with van der Waals surface area (Å²) in [6.45, 7) is 10.6. The molecule has 10 heteroatoms. The van der Waals surface area contributed by atoms with Gasteiger partial charge in [-0.3, -0.25) is 14.4 Å². The highest BCUT2D eigenvalue weighted by atomic mass is 32.1. The van der Waals surface area contributed by atoms with E-state index in [0.29, 0.717) is 24.1 Å². The van der Waals surface area contributed by atoms with Crippen molar-refractivity contribution >= 4 is 34.1 Å². The van der Waals surface area contributed by atoms with Gasteiger partial charge in [0.1, 0.15) is 12.6 Å². The molecule has 40 heavy (non-hydrogen) atoms. The molecule has 1 aromatic carbocycles. The standard InChI is InChI=1S/C30H41N5O4S/c1-5-6-20-15-35(26-25(36)16-39-27(20)26)29(38)23(13-18(2)3)22-14-19(7-8-21(22)28(31)37)24-17-40-30(32-24)34-11-9-33(4)10-12-34/h7-8,14,17-18,20,23,26-27H,5-6,9-13,15-16H2,1-4H3,(H2,31,37)/t20-,23-,26+,27+/m0/s1. The van der Waals surface area contributed by atoms with Crippen LogP contribution in [0.1, 0.15) is 61.9 Å². The van der Waals surface area contributed by atoms with Crippen LogP contribution in [0.5, 0.6) is 0 Å². The summed E-state index contributed by atoms with van der Waals surface area (Å²) in [7, 11) is 2.13. The first-order valence-electron chi connectivity index (χ1n) is 14.5. The lowest BCUT2D eigenvalue weighted by Gasteiger charge is -2.32. The Kier molecular flexibility index (Phi) is 8.58. The van der Waals surface area contributed by atoms with Crippen molar-refractivity contribution in [2.45, 2.75) is 58.1 Å². The molecule has 2 aromatic rings. The molecule has 216 valence electrons. The number of nitrogens with zero attached hydrogens (tertiary/aromatic N) is 4. The Balaban J connectivity index is 1.49. The Morgan fingerprint density at radius 3 is 2.62 bits per heavy atom. The molecule has 4 atom stereocenters. The summed E-state index contributed by atoms with van der Waals surface area (Å²) in [5, 5.41) is 3.01. The van der Waals surface area contributed by atoms with Gasteiger partial charge in [0, 0.05) is 55.1 Å². The van der Waals surface area contributed by atoms with Gasteiger partial charge in [0.25, 0.3) is 0 Å². The summed E-state index contributed by atoms with van der Waals surface area (Å²) >= 11 is 1.61. The Morgan fingerprint density at radius 1 is 1.20 bits per heavy atom. The van der Waals surface area contributed by atoms with E-state index in [4.69, 9.17) is 15.5 Å². The number of rotatable bonds is 9. The van der Waals surface area contributed by atoms with E-state index in [2.05, 4.69) is 37.6 Å². The number of likely N-dealkylation sites (tertiary alicyclic amines) is 1. The van der Waals surface area contributed by atoms with Crippen LogP contribution in [0.3, 0.4) is 0 Å². The number of primary amides is 1. The number of amides is 2. The summed E-state index contributed by atoms with van der Waals surface area (Å²) in [5.41, 5.74) is 8.46. The molecule has 0 spiro atoms. The Bertz CT molecular complexity index is 1250. The molecule has 5 rings (SSSR count). The van der Waals surface area contributed by atoms with Crippen molar-refractivity contribution in [1.82, 2.24) is 14.8 Å². The molecule has 0 radical (unpaired) electrons. The number of benzene rings is 1. The van der Waals surface area contributed by atoms with Crippen molar-refractivity contribution < 1.29 is 19.1 Å².